The highest BCUT2D eigenvalue weighted by Crippen LogP contribution is 2.20. The van der Waals surface area contributed by atoms with Crippen molar-refractivity contribution in [2.75, 3.05) is 18.9 Å². The van der Waals surface area contributed by atoms with E-state index in [1.54, 1.807) is 19.9 Å². The SMILES string of the molecule is Cc1cc(NC(=O)N(C)CC(F)F)cc(C(=O)O)c1C. The van der Waals surface area contributed by atoms with Crippen molar-refractivity contribution in [3.63, 3.8) is 0 Å². The van der Waals surface area contributed by atoms with Gasteiger partial charge in [-0.05, 0) is 37.1 Å². The van der Waals surface area contributed by atoms with Gasteiger partial charge in [-0.1, -0.05) is 0 Å². The molecule has 0 bridgehead atoms. The number of hydrogen-bond donors (Lipinski definition) is 2. The predicted molar refractivity (Wildman–Crippen MR) is 70.5 cm³/mol. The second-order valence-corrected chi connectivity index (χ2v) is 4.47. The lowest BCUT2D eigenvalue weighted by atomic mass is 10.0. The molecule has 5 nitrogen and oxygen atoms in total. The monoisotopic (exact) mass is 286 g/mol. The molecule has 1 aromatic rings. The van der Waals surface area contributed by atoms with E-state index in [4.69, 9.17) is 5.11 Å². The van der Waals surface area contributed by atoms with Crippen molar-refractivity contribution in [1.29, 1.82) is 0 Å². The van der Waals surface area contributed by atoms with Crippen LogP contribution in [0.15, 0.2) is 12.1 Å². The van der Waals surface area contributed by atoms with E-state index in [-0.39, 0.29) is 11.3 Å². The first-order valence-electron chi connectivity index (χ1n) is 5.87. The Morgan fingerprint density at radius 1 is 1.35 bits per heavy atom. The fraction of sp³-hybridized carbons (Fsp3) is 0.385. The molecule has 20 heavy (non-hydrogen) atoms. The normalized spacial score (nSPS) is 10.5. The summed E-state index contributed by atoms with van der Waals surface area (Å²) in [5.74, 6) is -1.11. The average molecular weight is 286 g/mol. The third-order valence-electron chi connectivity index (χ3n) is 2.91. The van der Waals surface area contributed by atoms with Gasteiger partial charge in [0.15, 0.2) is 0 Å². The van der Waals surface area contributed by atoms with Crippen LogP contribution in [0.2, 0.25) is 0 Å². The quantitative estimate of drug-likeness (QED) is 0.894. The Morgan fingerprint density at radius 3 is 2.45 bits per heavy atom. The Balaban J connectivity index is 2.93. The van der Waals surface area contributed by atoms with E-state index in [0.717, 1.165) is 4.90 Å². The molecule has 110 valence electrons. The smallest absolute Gasteiger partial charge is 0.336 e. The number of halogens is 2. The van der Waals surface area contributed by atoms with Crippen molar-refractivity contribution in [3.8, 4) is 0 Å². The minimum Gasteiger partial charge on any atom is -0.478 e. The number of amides is 2. The average Bonchev–Trinajstić information content (AvgIpc) is 2.32. The molecule has 0 aliphatic carbocycles. The maximum Gasteiger partial charge on any atom is 0.336 e. The first kappa shape index (κ1) is 15.9. The van der Waals surface area contributed by atoms with Crippen LogP contribution >= 0.6 is 0 Å². The summed E-state index contributed by atoms with van der Waals surface area (Å²) in [6.07, 6.45) is -2.62. The summed E-state index contributed by atoms with van der Waals surface area (Å²) in [5.41, 5.74) is 1.61. The molecule has 0 unspecified atom stereocenters. The number of hydrogen-bond acceptors (Lipinski definition) is 2. The second kappa shape index (κ2) is 6.31. The number of rotatable bonds is 4. The van der Waals surface area contributed by atoms with Crippen LogP contribution in [-0.2, 0) is 0 Å². The number of alkyl halides is 2. The number of benzene rings is 1. The van der Waals surface area contributed by atoms with Crippen LogP contribution in [0.1, 0.15) is 21.5 Å². The third-order valence-corrected chi connectivity index (χ3v) is 2.91. The Kier molecular flexibility index (Phi) is 5.01. The number of carbonyl (C=O) groups is 2. The second-order valence-electron chi connectivity index (χ2n) is 4.47. The van der Waals surface area contributed by atoms with Crippen molar-refractivity contribution >= 4 is 17.7 Å². The Labute approximate surface area is 115 Å². The van der Waals surface area contributed by atoms with E-state index in [1.807, 2.05) is 0 Å². The minimum atomic E-state index is -2.62. The molecule has 0 atom stereocenters. The first-order valence-corrected chi connectivity index (χ1v) is 5.87. The van der Waals surface area contributed by atoms with Gasteiger partial charge < -0.3 is 15.3 Å². The van der Waals surface area contributed by atoms with Crippen molar-refractivity contribution in [2.24, 2.45) is 0 Å². The Bertz CT molecular complexity index is 533. The number of nitrogens with one attached hydrogen (secondary N) is 1. The molecule has 7 heteroatoms. The van der Waals surface area contributed by atoms with Gasteiger partial charge in [0.1, 0.15) is 0 Å². The summed E-state index contributed by atoms with van der Waals surface area (Å²) >= 11 is 0. The van der Waals surface area contributed by atoms with E-state index in [9.17, 15) is 18.4 Å². The molecule has 1 aromatic carbocycles. The van der Waals surface area contributed by atoms with Crippen molar-refractivity contribution in [2.45, 2.75) is 20.3 Å². The number of urea groups is 1. The molecule has 0 aliphatic heterocycles. The van der Waals surface area contributed by atoms with Crippen molar-refractivity contribution in [3.05, 3.63) is 28.8 Å². The zero-order chi connectivity index (χ0) is 15.4. The lowest BCUT2D eigenvalue weighted by Gasteiger charge is -2.18. The van der Waals surface area contributed by atoms with Gasteiger partial charge in [0.25, 0.3) is 6.43 Å². The van der Waals surface area contributed by atoms with E-state index in [0.29, 0.717) is 11.1 Å². The van der Waals surface area contributed by atoms with Crippen LogP contribution < -0.4 is 5.32 Å². The number of nitrogens with zero attached hydrogens (tertiary/aromatic N) is 1. The Hall–Kier alpha value is -2.18. The molecular formula is C13H16F2N2O3. The number of aryl methyl sites for hydroxylation is 1. The lowest BCUT2D eigenvalue weighted by molar-refractivity contribution is 0.0696. The molecule has 2 amide bonds. The zero-order valence-electron chi connectivity index (χ0n) is 11.4. The molecule has 0 saturated heterocycles. The third kappa shape index (κ3) is 3.91. The van der Waals surface area contributed by atoms with Gasteiger partial charge in [0.05, 0.1) is 12.1 Å². The minimum absolute atomic E-state index is 0.0665. The number of carboxylic acid groups (broad SMARTS) is 1. The molecule has 0 spiro atoms. The molecule has 2 N–H and O–H groups in total. The standard InChI is InChI=1S/C13H16F2N2O3/c1-7-4-9(5-10(8(7)2)12(18)19)16-13(20)17(3)6-11(14)15/h4-5,11H,6H2,1-3H3,(H,16,20)(H,18,19). The van der Waals surface area contributed by atoms with Crippen LogP contribution in [0.5, 0.6) is 0 Å². The highest BCUT2D eigenvalue weighted by molar-refractivity contribution is 5.94. The van der Waals surface area contributed by atoms with Gasteiger partial charge in [-0.2, -0.15) is 0 Å². The summed E-state index contributed by atoms with van der Waals surface area (Å²) in [5, 5.41) is 11.5. The lowest BCUT2D eigenvalue weighted by Crippen LogP contribution is -2.35. The number of carbonyl (C=O) groups excluding carboxylic acids is 1. The molecule has 0 heterocycles. The molecular weight excluding hydrogens is 270 g/mol. The Morgan fingerprint density at radius 2 is 1.95 bits per heavy atom. The molecule has 0 saturated carbocycles. The van der Waals surface area contributed by atoms with Gasteiger partial charge in [-0.15, -0.1) is 0 Å². The fourth-order valence-corrected chi connectivity index (χ4v) is 1.66. The number of aromatic carboxylic acids is 1. The fourth-order valence-electron chi connectivity index (χ4n) is 1.66. The molecule has 1 rings (SSSR count). The van der Waals surface area contributed by atoms with E-state index in [2.05, 4.69) is 5.32 Å². The highest BCUT2D eigenvalue weighted by Gasteiger charge is 2.16. The van der Waals surface area contributed by atoms with Gasteiger partial charge in [0, 0.05) is 12.7 Å². The largest absolute Gasteiger partial charge is 0.478 e. The number of anilines is 1. The molecule has 0 fully saturated rings. The van der Waals surface area contributed by atoms with E-state index < -0.39 is 25.0 Å². The van der Waals surface area contributed by atoms with Crippen LogP contribution in [-0.4, -0.2) is 42.0 Å². The van der Waals surface area contributed by atoms with Crippen LogP contribution in [0.25, 0.3) is 0 Å². The van der Waals surface area contributed by atoms with Crippen LogP contribution in [0.4, 0.5) is 19.3 Å². The summed E-state index contributed by atoms with van der Waals surface area (Å²) in [6, 6.07) is 2.18. The maximum atomic E-state index is 12.2. The van der Waals surface area contributed by atoms with E-state index in [1.165, 1.54) is 13.1 Å². The van der Waals surface area contributed by atoms with Gasteiger partial charge >= 0.3 is 12.0 Å². The van der Waals surface area contributed by atoms with Crippen LogP contribution in [0, 0.1) is 13.8 Å². The summed E-state index contributed by atoms with van der Waals surface area (Å²) in [6.45, 7) is 2.68. The summed E-state index contributed by atoms with van der Waals surface area (Å²) in [7, 11) is 1.24. The van der Waals surface area contributed by atoms with Gasteiger partial charge in [0.2, 0.25) is 0 Å². The predicted octanol–water partition coefficient (Wildman–Crippen LogP) is 2.73. The van der Waals surface area contributed by atoms with Gasteiger partial charge in [-0.25, -0.2) is 18.4 Å². The highest BCUT2D eigenvalue weighted by atomic mass is 19.3. The van der Waals surface area contributed by atoms with Crippen molar-refractivity contribution in [1.82, 2.24) is 4.90 Å². The zero-order valence-corrected chi connectivity index (χ0v) is 11.4. The van der Waals surface area contributed by atoms with Crippen LogP contribution in [0.3, 0.4) is 0 Å². The first-order chi connectivity index (χ1) is 9.22. The van der Waals surface area contributed by atoms with E-state index >= 15 is 0 Å². The van der Waals surface area contributed by atoms with Crippen molar-refractivity contribution < 1.29 is 23.5 Å². The topological polar surface area (TPSA) is 69.6 Å². The number of carboxylic acids is 1. The summed E-state index contributed by atoms with van der Waals surface area (Å²) in [4.78, 5) is 23.6. The summed E-state index contributed by atoms with van der Waals surface area (Å²) < 4.78 is 24.3. The van der Waals surface area contributed by atoms with Gasteiger partial charge in [-0.3, -0.25) is 0 Å². The maximum absolute atomic E-state index is 12.2. The molecule has 0 radical (unpaired) electrons. The molecule has 0 aromatic heterocycles. The molecule has 0 aliphatic rings.